The second kappa shape index (κ2) is 10.7. The van der Waals surface area contributed by atoms with Gasteiger partial charge in [-0.3, -0.25) is 4.79 Å². The predicted octanol–water partition coefficient (Wildman–Crippen LogP) is 3.07. The summed E-state index contributed by atoms with van der Waals surface area (Å²) in [6, 6.07) is 11.4. The van der Waals surface area contributed by atoms with E-state index in [1.807, 2.05) is 0 Å². The summed E-state index contributed by atoms with van der Waals surface area (Å²) in [5, 5.41) is 2.65. The molecule has 0 aliphatic rings. The van der Waals surface area contributed by atoms with Gasteiger partial charge in [-0.2, -0.15) is 0 Å². The van der Waals surface area contributed by atoms with Crippen molar-refractivity contribution < 1.29 is 33.3 Å². The van der Waals surface area contributed by atoms with Gasteiger partial charge in [-0.1, -0.05) is 12.1 Å². The van der Waals surface area contributed by atoms with E-state index in [1.165, 1.54) is 40.4 Å². The quantitative estimate of drug-likeness (QED) is 0.524. The molecular formula is C22H23NO7. The smallest absolute Gasteiger partial charge is 0.337 e. The largest absolute Gasteiger partial charge is 0.493 e. The highest BCUT2D eigenvalue weighted by Gasteiger charge is 2.17. The van der Waals surface area contributed by atoms with Crippen LogP contribution in [0, 0.1) is 0 Å². The van der Waals surface area contributed by atoms with E-state index in [0.29, 0.717) is 28.3 Å². The number of nitrogens with one attached hydrogen (secondary N) is 1. The Kier molecular flexibility index (Phi) is 7.99. The van der Waals surface area contributed by atoms with Crippen molar-refractivity contribution in [2.45, 2.75) is 13.0 Å². The van der Waals surface area contributed by atoms with E-state index in [4.69, 9.17) is 14.2 Å². The highest BCUT2D eigenvalue weighted by Crippen LogP contribution is 2.29. The normalized spacial score (nSPS) is 11.5. The number of hydrogen-bond acceptors (Lipinski definition) is 7. The van der Waals surface area contributed by atoms with Crippen LogP contribution < -0.4 is 14.8 Å². The zero-order chi connectivity index (χ0) is 22.1. The summed E-state index contributed by atoms with van der Waals surface area (Å²) < 4.78 is 20.1. The average molecular weight is 413 g/mol. The fourth-order valence-corrected chi connectivity index (χ4v) is 2.44. The van der Waals surface area contributed by atoms with Crippen molar-refractivity contribution in [1.29, 1.82) is 0 Å². The maximum Gasteiger partial charge on any atom is 0.337 e. The topological polar surface area (TPSA) is 100 Å². The van der Waals surface area contributed by atoms with Gasteiger partial charge in [0.2, 0.25) is 0 Å². The predicted molar refractivity (Wildman–Crippen MR) is 111 cm³/mol. The first kappa shape index (κ1) is 22.5. The van der Waals surface area contributed by atoms with Crippen LogP contribution in [0.25, 0.3) is 6.08 Å². The zero-order valence-electron chi connectivity index (χ0n) is 17.1. The lowest BCUT2D eigenvalue weighted by atomic mass is 10.1. The lowest BCUT2D eigenvalue weighted by molar-refractivity contribution is -0.148. The number of amides is 1. The van der Waals surface area contributed by atoms with Crippen LogP contribution in [0.4, 0.5) is 5.69 Å². The molecule has 2 rings (SSSR count). The summed E-state index contributed by atoms with van der Waals surface area (Å²) >= 11 is 0. The first-order valence-electron chi connectivity index (χ1n) is 8.98. The molecule has 0 aromatic heterocycles. The molecule has 0 fully saturated rings. The third-order valence-corrected chi connectivity index (χ3v) is 4.06. The average Bonchev–Trinajstić information content (AvgIpc) is 2.77. The molecule has 0 unspecified atom stereocenters. The number of carbonyl (C=O) groups is 3. The van der Waals surface area contributed by atoms with Crippen molar-refractivity contribution >= 4 is 29.6 Å². The van der Waals surface area contributed by atoms with Crippen LogP contribution in [-0.2, 0) is 19.1 Å². The third kappa shape index (κ3) is 6.10. The molecule has 2 aromatic rings. The highest BCUT2D eigenvalue weighted by atomic mass is 16.5. The molecule has 0 heterocycles. The molecule has 30 heavy (non-hydrogen) atoms. The van der Waals surface area contributed by atoms with E-state index in [0.717, 1.165) is 0 Å². The van der Waals surface area contributed by atoms with Gasteiger partial charge in [0.15, 0.2) is 17.6 Å². The number of hydrogen-bond donors (Lipinski definition) is 1. The van der Waals surface area contributed by atoms with Crippen LogP contribution in [0.5, 0.6) is 11.5 Å². The molecule has 0 saturated carbocycles. The molecule has 1 amide bonds. The van der Waals surface area contributed by atoms with Crippen LogP contribution in [0.1, 0.15) is 22.8 Å². The molecule has 0 bridgehead atoms. The van der Waals surface area contributed by atoms with Crippen molar-refractivity contribution in [2.75, 3.05) is 26.6 Å². The molecule has 8 nitrogen and oxygen atoms in total. The number of methoxy groups -OCH3 is 3. The molecule has 0 aliphatic heterocycles. The molecule has 0 spiro atoms. The minimum Gasteiger partial charge on any atom is -0.493 e. The van der Waals surface area contributed by atoms with Crippen LogP contribution in [0.3, 0.4) is 0 Å². The molecule has 158 valence electrons. The minimum atomic E-state index is -1.02. The Morgan fingerprint density at radius 1 is 0.933 bits per heavy atom. The van der Waals surface area contributed by atoms with Gasteiger partial charge in [-0.05, 0) is 42.8 Å². The number of esters is 2. The van der Waals surface area contributed by atoms with Gasteiger partial charge < -0.3 is 24.3 Å². The first-order chi connectivity index (χ1) is 14.4. The van der Waals surface area contributed by atoms with Crippen molar-refractivity contribution in [1.82, 2.24) is 0 Å². The van der Waals surface area contributed by atoms with E-state index in [-0.39, 0.29) is 0 Å². The van der Waals surface area contributed by atoms with Crippen LogP contribution in [0.15, 0.2) is 48.5 Å². The lowest BCUT2D eigenvalue weighted by Gasteiger charge is -2.14. The number of rotatable bonds is 8. The summed E-state index contributed by atoms with van der Waals surface area (Å²) in [4.78, 5) is 35.7. The maximum atomic E-state index is 12.3. The molecule has 1 N–H and O–H groups in total. The summed E-state index contributed by atoms with van der Waals surface area (Å²) in [6.45, 7) is 1.47. The number of anilines is 1. The van der Waals surface area contributed by atoms with E-state index >= 15 is 0 Å². The van der Waals surface area contributed by atoms with Crippen LogP contribution in [0.2, 0.25) is 0 Å². The molecule has 0 aliphatic carbocycles. The fourth-order valence-electron chi connectivity index (χ4n) is 2.44. The number of carbonyl (C=O) groups excluding carboxylic acids is 3. The van der Waals surface area contributed by atoms with Crippen molar-refractivity contribution in [3.8, 4) is 11.5 Å². The molecule has 2 aromatic carbocycles. The van der Waals surface area contributed by atoms with Gasteiger partial charge in [0.25, 0.3) is 5.91 Å². The lowest BCUT2D eigenvalue weighted by Crippen LogP contribution is -2.29. The molecule has 0 radical (unpaired) electrons. The second-order valence-corrected chi connectivity index (χ2v) is 6.09. The number of ether oxygens (including phenoxy) is 4. The first-order valence-corrected chi connectivity index (χ1v) is 8.98. The second-order valence-electron chi connectivity index (χ2n) is 6.09. The summed E-state index contributed by atoms with van der Waals surface area (Å²) in [7, 11) is 4.30. The van der Waals surface area contributed by atoms with Gasteiger partial charge in [0, 0.05) is 17.8 Å². The standard InChI is InChI=1S/C22H23NO7/c1-14(21(25)23-17-10-11-18(27-2)19(13-17)28-3)30-20(24)12-7-15-5-8-16(9-6-15)22(26)29-4/h5-14H,1-4H3,(H,23,25)/b12-7+/t14-/m0/s1. The Morgan fingerprint density at radius 2 is 1.60 bits per heavy atom. The van der Waals surface area contributed by atoms with Crippen LogP contribution in [-0.4, -0.2) is 45.3 Å². The molecule has 1 atom stereocenters. The maximum absolute atomic E-state index is 12.3. The Morgan fingerprint density at radius 3 is 2.20 bits per heavy atom. The van der Waals surface area contributed by atoms with Crippen molar-refractivity contribution in [2.24, 2.45) is 0 Å². The Bertz CT molecular complexity index is 935. The van der Waals surface area contributed by atoms with Gasteiger partial charge in [0.1, 0.15) is 0 Å². The Balaban J connectivity index is 1.92. The highest BCUT2D eigenvalue weighted by molar-refractivity contribution is 5.97. The van der Waals surface area contributed by atoms with Gasteiger partial charge >= 0.3 is 11.9 Å². The monoisotopic (exact) mass is 413 g/mol. The fraction of sp³-hybridized carbons (Fsp3) is 0.227. The zero-order valence-corrected chi connectivity index (χ0v) is 17.1. The van der Waals surface area contributed by atoms with Crippen molar-refractivity contribution in [3.63, 3.8) is 0 Å². The minimum absolute atomic E-state index is 0.401. The molecule has 8 heteroatoms. The molecule has 0 saturated heterocycles. The molecular weight excluding hydrogens is 390 g/mol. The van der Waals surface area contributed by atoms with E-state index in [1.54, 1.807) is 42.5 Å². The Hall–Kier alpha value is -3.81. The number of benzene rings is 2. The van der Waals surface area contributed by atoms with Crippen LogP contribution >= 0.6 is 0 Å². The third-order valence-electron chi connectivity index (χ3n) is 4.06. The Labute approximate surface area is 174 Å². The summed E-state index contributed by atoms with van der Waals surface area (Å²) in [6.07, 6.45) is 1.70. The summed E-state index contributed by atoms with van der Waals surface area (Å²) in [5.41, 5.74) is 1.56. The van der Waals surface area contributed by atoms with Gasteiger partial charge in [0.05, 0.1) is 26.9 Å². The van der Waals surface area contributed by atoms with Crippen molar-refractivity contribution in [3.05, 3.63) is 59.7 Å². The van der Waals surface area contributed by atoms with E-state index < -0.39 is 23.9 Å². The van der Waals surface area contributed by atoms with E-state index in [2.05, 4.69) is 10.1 Å². The van der Waals surface area contributed by atoms with Gasteiger partial charge in [-0.25, -0.2) is 9.59 Å². The van der Waals surface area contributed by atoms with E-state index in [9.17, 15) is 14.4 Å². The SMILES string of the molecule is COC(=O)c1ccc(/C=C/C(=O)O[C@@H](C)C(=O)Nc2ccc(OC)c(OC)c2)cc1. The van der Waals surface area contributed by atoms with Gasteiger partial charge in [-0.15, -0.1) is 0 Å². The summed E-state index contributed by atoms with van der Waals surface area (Å²) in [5.74, 6) is -0.631.